The molecule has 1 unspecified atom stereocenters. The molecule has 3 N–H and O–H groups in total. The van der Waals surface area contributed by atoms with Gasteiger partial charge in [0.1, 0.15) is 0 Å². The lowest BCUT2D eigenvalue weighted by Gasteiger charge is -2.11. The van der Waals surface area contributed by atoms with E-state index in [0.29, 0.717) is 19.3 Å². The highest BCUT2D eigenvalue weighted by molar-refractivity contribution is 5.84. The SMILES string of the molecule is O=C(CNC(=O)NC1CCOC1)NC1CC1. The maximum Gasteiger partial charge on any atom is 0.315 e. The van der Waals surface area contributed by atoms with Crippen LogP contribution in [0.1, 0.15) is 19.3 Å². The largest absolute Gasteiger partial charge is 0.379 e. The van der Waals surface area contributed by atoms with E-state index < -0.39 is 0 Å². The summed E-state index contributed by atoms with van der Waals surface area (Å²) in [5.41, 5.74) is 0. The van der Waals surface area contributed by atoms with E-state index in [0.717, 1.165) is 19.3 Å². The number of rotatable bonds is 4. The van der Waals surface area contributed by atoms with Crippen molar-refractivity contribution in [1.29, 1.82) is 0 Å². The van der Waals surface area contributed by atoms with E-state index in [1.807, 2.05) is 0 Å². The minimum absolute atomic E-state index is 0.0376. The van der Waals surface area contributed by atoms with Gasteiger partial charge in [-0.05, 0) is 19.3 Å². The average molecular weight is 227 g/mol. The summed E-state index contributed by atoms with van der Waals surface area (Å²) in [6.07, 6.45) is 2.94. The lowest BCUT2D eigenvalue weighted by atomic mass is 10.3. The second kappa shape index (κ2) is 5.16. The van der Waals surface area contributed by atoms with Crippen LogP contribution in [0, 0.1) is 0 Å². The van der Waals surface area contributed by atoms with Crippen molar-refractivity contribution in [2.24, 2.45) is 0 Å². The molecule has 1 aliphatic carbocycles. The second-order valence-corrected chi connectivity index (χ2v) is 4.23. The maximum absolute atomic E-state index is 11.3. The summed E-state index contributed by atoms with van der Waals surface area (Å²) in [7, 11) is 0. The molecular formula is C10H17N3O3. The Balaban J connectivity index is 1.57. The quantitative estimate of drug-likeness (QED) is 0.597. The fourth-order valence-electron chi connectivity index (χ4n) is 1.55. The molecule has 0 bridgehead atoms. The Labute approximate surface area is 94.1 Å². The Morgan fingerprint density at radius 2 is 1.94 bits per heavy atom. The number of amides is 3. The predicted octanol–water partition coefficient (Wildman–Crippen LogP) is -0.647. The zero-order valence-electron chi connectivity index (χ0n) is 9.12. The number of carbonyl (C=O) groups is 2. The molecule has 1 aliphatic heterocycles. The first-order valence-electron chi connectivity index (χ1n) is 5.65. The highest BCUT2D eigenvalue weighted by Gasteiger charge is 2.23. The minimum atomic E-state index is -0.304. The van der Waals surface area contributed by atoms with Gasteiger partial charge in [0.15, 0.2) is 0 Å². The molecule has 90 valence electrons. The van der Waals surface area contributed by atoms with E-state index in [2.05, 4.69) is 16.0 Å². The van der Waals surface area contributed by atoms with Crippen LogP contribution in [0.3, 0.4) is 0 Å². The number of hydrogen-bond acceptors (Lipinski definition) is 3. The van der Waals surface area contributed by atoms with Crippen molar-refractivity contribution in [2.45, 2.75) is 31.3 Å². The van der Waals surface area contributed by atoms with Crippen LogP contribution >= 0.6 is 0 Å². The van der Waals surface area contributed by atoms with Crippen LogP contribution in [0.5, 0.6) is 0 Å². The van der Waals surface area contributed by atoms with Gasteiger partial charge in [0.25, 0.3) is 0 Å². The lowest BCUT2D eigenvalue weighted by Crippen LogP contribution is -2.46. The van der Waals surface area contributed by atoms with E-state index in [4.69, 9.17) is 4.74 Å². The Morgan fingerprint density at radius 3 is 2.56 bits per heavy atom. The van der Waals surface area contributed by atoms with Crippen LogP contribution in [-0.4, -0.2) is 43.8 Å². The highest BCUT2D eigenvalue weighted by atomic mass is 16.5. The van der Waals surface area contributed by atoms with Crippen LogP contribution in [0.4, 0.5) is 4.79 Å². The van der Waals surface area contributed by atoms with Gasteiger partial charge in [-0.25, -0.2) is 4.79 Å². The van der Waals surface area contributed by atoms with Crippen molar-refractivity contribution in [3.05, 3.63) is 0 Å². The molecule has 6 heteroatoms. The van der Waals surface area contributed by atoms with Crippen molar-refractivity contribution >= 4 is 11.9 Å². The molecule has 1 saturated heterocycles. The standard InChI is InChI=1S/C10H17N3O3/c14-9(12-7-1-2-7)5-11-10(15)13-8-3-4-16-6-8/h7-8H,1-6H2,(H,12,14)(H2,11,13,15). The normalized spacial score (nSPS) is 23.9. The van der Waals surface area contributed by atoms with E-state index in [-0.39, 0.29) is 24.5 Å². The van der Waals surface area contributed by atoms with Crippen LogP contribution in [-0.2, 0) is 9.53 Å². The lowest BCUT2D eigenvalue weighted by molar-refractivity contribution is -0.120. The van der Waals surface area contributed by atoms with Gasteiger partial charge in [0.05, 0.1) is 19.2 Å². The number of nitrogens with one attached hydrogen (secondary N) is 3. The molecule has 1 heterocycles. The summed E-state index contributed by atoms with van der Waals surface area (Å²) >= 11 is 0. The number of carbonyl (C=O) groups excluding carboxylic acids is 2. The molecule has 3 amide bonds. The molecule has 2 aliphatic rings. The fraction of sp³-hybridized carbons (Fsp3) is 0.800. The van der Waals surface area contributed by atoms with Gasteiger partial charge in [-0.2, -0.15) is 0 Å². The number of hydrogen-bond donors (Lipinski definition) is 3. The van der Waals surface area contributed by atoms with Gasteiger partial charge < -0.3 is 20.7 Å². The third-order valence-electron chi connectivity index (χ3n) is 2.62. The Morgan fingerprint density at radius 1 is 1.12 bits per heavy atom. The molecule has 1 atom stereocenters. The van der Waals surface area contributed by atoms with Gasteiger partial charge in [-0.15, -0.1) is 0 Å². The number of urea groups is 1. The van der Waals surface area contributed by atoms with Crippen LogP contribution in [0.2, 0.25) is 0 Å². The molecule has 2 rings (SSSR count). The van der Waals surface area contributed by atoms with Crippen molar-refractivity contribution in [1.82, 2.24) is 16.0 Å². The zero-order valence-corrected chi connectivity index (χ0v) is 9.12. The maximum atomic E-state index is 11.3. The molecule has 0 radical (unpaired) electrons. The van der Waals surface area contributed by atoms with Crippen LogP contribution in [0.15, 0.2) is 0 Å². The summed E-state index contributed by atoms with van der Waals surface area (Å²) in [5, 5.41) is 8.07. The molecule has 16 heavy (non-hydrogen) atoms. The summed E-state index contributed by atoms with van der Waals surface area (Å²) in [5.74, 6) is -0.125. The van der Waals surface area contributed by atoms with E-state index in [1.54, 1.807) is 0 Å². The number of ether oxygens (including phenoxy) is 1. The first-order chi connectivity index (χ1) is 7.74. The Bertz CT molecular complexity index is 272. The first-order valence-corrected chi connectivity index (χ1v) is 5.65. The molecule has 0 aromatic rings. The minimum Gasteiger partial charge on any atom is -0.379 e. The van der Waals surface area contributed by atoms with Gasteiger partial charge >= 0.3 is 6.03 Å². The summed E-state index contributed by atoms with van der Waals surface area (Å²) in [4.78, 5) is 22.6. The predicted molar refractivity (Wildman–Crippen MR) is 56.9 cm³/mol. The Hall–Kier alpha value is -1.30. The average Bonchev–Trinajstić information content (AvgIpc) is 2.91. The van der Waals surface area contributed by atoms with E-state index in [9.17, 15) is 9.59 Å². The van der Waals surface area contributed by atoms with Gasteiger partial charge in [0, 0.05) is 12.6 Å². The van der Waals surface area contributed by atoms with E-state index >= 15 is 0 Å². The van der Waals surface area contributed by atoms with Gasteiger partial charge in [-0.1, -0.05) is 0 Å². The van der Waals surface area contributed by atoms with Crippen molar-refractivity contribution < 1.29 is 14.3 Å². The summed E-state index contributed by atoms with van der Waals surface area (Å²) in [6.45, 7) is 1.28. The third kappa shape index (κ3) is 3.69. The molecule has 2 fully saturated rings. The zero-order chi connectivity index (χ0) is 11.4. The molecule has 1 saturated carbocycles. The Kier molecular flexibility index (Phi) is 3.61. The van der Waals surface area contributed by atoms with Crippen LogP contribution < -0.4 is 16.0 Å². The molecule has 0 aromatic carbocycles. The molecule has 0 aromatic heterocycles. The van der Waals surface area contributed by atoms with Gasteiger partial charge in [-0.3, -0.25) is 4.79 Å². The van der Waals surface area contributed by atoms with Crippen molar-refractivity contribution in [3.63, 3.8) is 0 Å². The topological polar surface area (TPSA) is 79.5 Å². The monoisotopic (exact) mass is 227 g/mol. The second-order valence-electron chi connectivity index (χ2n) is 4.23. The molecular weight excluding hydrogens is 210 g/mol. The highest BCUT2D eigenvalue weighted by Crippen LogP contribution is 2.18. The first kappa shape index (κ1) is 11.2. The van der Waals surface area contributed by atoms with Crippen LogP contribution in [0.25, 0.3) is 0 Å². The molecule has 0 spiro atoms. The smallest absolute Gasteiger partial charge is 0.315 e. The summed E-state index contributed by atoms with van der Waals surface area (Å²) < 4.78 is 5.12. The van der Waals surface area contributed by atoms with E-state index in [1.165, 1.54) is 0 Å². The van der Waals surface area contributed by atoms with Crippen molar-refractivity contribution in [2.75, 3.05) is 19.8 Å². The van der Waals surface area contributed by atoms with Crippen molar-refractivity contribution in [3.8, 4) is 0 Å². The fourth-order valence-corrected chi connectivity index (χ4v) is 1.55. The third-order valence-corrected chi connectivity index (χ3v) is 2.62. The summed E-state index contributed by atoms with van der Waals surface area (Å²) in [6, 6.07) is 0.105. The van der Waals surface area contributed by atoms with Gasteiger partial charge in [0.2, 0.25) is 5.91 Å². The molecule has 6 nitrogen and oxygen atoms in total.